The normalized spacial score (nSPS) is 12.0. The molecule has 1 aromatic carbocycles. The average Bonchev–Trinajstić information content (AvgIpc) is 2.44. The van der Waals surface area contributed by atoms with Gasteiger partial charge in [-0.2, -0.15) is 4.72 Å². The van der Waals surface area contributed by atoms with Crippen LogP contribution in [0.1, 0.15) is 20.8 Å². The van der Waals surface area contributed by atoms with Crippen LogP contribution < -0.4 is 4.72 Å². The van der Waals surface area contributed by atoms with Crippen LogP contribution >= 0.6 is 23.2 Å². The van der Waals surface area contributed by atoms with E-state index in [1.807, 2.05) is 0 Å². The number of nitrogens with one attached hydrogen (secondary N) is 1. The number of sulfonamides is 1. The second-order valence-electron chi connectivity index (χ2n) is 5.73. The van der Waals surface area contributed by atoms with Crippen molar-refractivity contribution in [2.45, 2.75) is 25.7 Å². The lowest BCUT2D eigenvalue weighted by Crippen LogP contribution is -2.33. The van der Waals surface area contributed by atoms with Crippen LogP contribution in [0.5, 0.6) is 0 Å². The van der Waals surface area contributed by atoms with E-state index < -0.39 is 34.6 Å². The van der Waals surface area contributed by atoms with Crippen LogP contribution in [-0.4, -0.2) is 33.3 Å². The monoisotopic (exact) mass is 381 g/mol. The smallest absolute Gasteiger partial charge is 0.321 e. The third-order valence-corrected chi connectivity index (χ3v) is 4.95. The predicted octanol–water partition coefficient (Wildman–Crippen LogP) is 2.43. The molecule has 23 heavy (non-hydrogen) atoms. The van der Waals surface area contributed by atoms with Gasteiger partial charge in [-0.1, -0.05) is 44.0 Å². The molecule has 0 aliphatic carbocycles. The third kappa shape index (κ3) is 6.10. The van der Waals surface area contributed by atoms with E-state index in [0.717, 1.165) is 0 Å². The highest BCUT2D eigenvalue weighted by Gasteiger charge is 2.23. The van der Waals surface area contributed by atoms with Gasteiger partial charge in [-0.15, -0.1) is 0 Å². The first-order chi connectivity index (χ1) is 10.4. The number of halogens is 2. The highest BCUT2D eigenvalue weighted by molar-refractivity contribution is 7.89. The van der Waals surface area contributed by atoms with Crippen LogP contribution in [0.4, 0.5) is 0 Å². The molecule has 0 saturated carbocycles. The Morgan fingerprint density at radius 2 is 1.78 bits per heavy atom. The zero-order valence-corrected chi connectivity index (χ0v) is 15.2. The molecule has 0 amide bonds. The molecular formula is C14H17Cl2NO5S. The Hall–Kier alpha value is -1.15. The Morgan fingerprint density at radius 3 is 2.30 bits per heavy atom. The van der Waals surface area contributed by atoms with E-state index in [4.69, 9.17) is 27.9 Å². The summed E-state index contributed by atoms with van der Waals surface area (Å²) in [4.78, 5) is 23.0. The second kappa shape index (κ2) is 7.61. The summed E-state index contributed by atoms with van der Waals surface area (Å²) in [6.07, 6.45) is 0. The Kier molecular flexibility index (Phi) is 6.59. The summed E-state index contributed by atoms with van der Waals surface area (Å²) < 4.78 is 30.8. The van der Waals surface area contributed by atoms with Crippen LogP contribution in [0.15, 0.2) is 23.1 Å². The van der Waals surface area contributed by atoms with E-state index in [1.165, 1.54) is 18.2 Å². The summed E-state index contributed by atoms with van der Waals surface area (Å²) in [6, 6.07) is 3.75. The van der Waals surface area contributed by atoms with Crippen LogP contribution in [0.2, 0.25) is 10.0 Å². The van der Waals surface area contributed by atoms with Crippen molar-refractivity contribution in [1.82, 2.24) is 4.72 Å². The summed E-state index contributed by atoms with van der Waals surface area (Å²) in [5.74, 6) is -1.12. The lowest BCUT2D eigenvalue weighted by atomic mass is 9.91. The zero-order valence-electron chi connectivity index (χ0n) is 12.9. The fraction of sp³-hybridized carbons (Fsp3) is 0.429. The van der Waals surface area contributed by atoms with Gasteiger partial charge in [0.2, 0.25) is 10.0 Å². The lowest BCUT2D eigenvalue weighted by molar-refractivity contribution is -0.148. The van der Waals surface area contributed by atoms with E-state index in [0.29, 0.717) is 0 Å². The van der Waals surface area contributed by atoms with E-state index in [1.54, 1.807) is 20.8 Å². The fourth-order valence-corrected chi connectivity index (χ4v) is 2.65. The first-order valence-corrected chi connectivity index (χ1v) is 8.81. The number of esters is 1. The molecule has 0 saturated heterocycles. The Bertz CT molecular complexity index is 710. The maximum absolute atomic E-state index is 12.0. The maximum Gasteiger partial charge on any atom is 0.321 e. The molecule has 128 valence electrons. The molecule has 0 atom stereocenters. The van der Waals surface area contributed by atoms with Crippen molar-refractivity contribution in [3.63, 3.8) is 0 Å². The van der Waals surface area contributed by atoms with E-state index >= 15 is 0 Å². The highest BCUT2D eigenvalue weighted by Crippen LogP contribution is 2.24. The minimum absolute atomic E-state index is 0.0768. The van der Waals surface area contributed by atoms with Gasteiger partial charge in [-0.05, 0) is 18.2 Å². The van der Waals surface area contributed by atoms with Crippen molar-refractivity contribution in [1.29, 1.82) is 0 Å². The van der Waals surface area contributed by atoms with E-state index in [-0.39, 0.29) is 20.7 Å². The molecular weight excluding hydrogens is 365 g/mol. The number of Topliss-reactive ketones (excluding diaryl/α,β-unsaturated/α-hetero) is 1. The van der Waals surface area contributed by atoms with Gasteiger partial charge >= 0.3 is 5.97 Å². The van der Waals surface area contributed by atoms with Gasteiger partial charge in [0.25, 0.3) is 0 Å². The number of carbonyl (C=O) groups excluding carboxylic acids is 2. The number of ketones is 1. The largest absolute Gasteiger partial charge is 0.457 e. The fourth-order valence-electron chi connectivity index (χ4n) is 1.29. The summed E-state index contributed by atoms with van der Waals surface area (Å²) >= 11 is 11.5. The standard InChI is InChI=1S/C14H17Cl2NO5S/c1-14(2,3)12(18)8-22-13(19)7-17-23(20,21)9-4-5-10(15)11(16)6-9/h4-6,17H,7-8H2,1-3H3. The SMILES string of the molecule is CC(C)(C)C(=O)COC(=O)CNS(=O)(=O)c1ccc(Cl)c(Cl)c1. The highest BCUT2D eigenvalue weighted by atomic mass is 35.5. The number of carbonyl (C=O) groups is 2. The van der Waals surface area contributed by atoms with Crippen molar-refractivity contribution in [2.75, 3.05) is 13.2 Å². The molecule has 0 radical (unpaired) electrons. The van der Waals surface area contributed by atoms with Gasteiger partial charge < -0.3 is 4.74 Å². The van der Waals surface area contributed by atoms with Gasteiger partial charge in [0.1, 0.15) is 6.54 Å². The number of rotatable bonds is 6. The van der Waals surface area contributed by atoms with E-state index in [9.17, 15) is 18.0 Å². The van der Waals surface area contributed by atoms with Crippen LogP contribution in [0.25, 0.3) is 0 Å². The number of ether oxygens (including phenoxy) is 1. The quantitative estimate of drug-likeness (QED) is 0.764. The van der Waals surface area contributed by atoms with Crippen molar-refractivity contribution in [3.8, 4) is 0 Å². The molecule has 9 heteroatoms. The third-order valence-electron chi connectivity index (χ3n) is 2.81. The molecule has 0 aliphatic rings. The molecule has 1 aromatic rings. The van der Waals surface area contributed by atoms with Crippen molar-refractivity contribution in [2.24, 2.45) is 5.41 Å². The molecule has 1 rings (SSSR count). The van der Waals surface area contributed by atoms with Crippen molar-refractivity contribution in [3.05, 3.63) is 28.2 Å². The minimum Gasteiger partial charge on any atom is -0.457 e. The topological polar surface area (TPSA) is 89.5 Å². The average molecular weight is 382 g/mol. The van der Waals surface area contributed by atoms with Gasteiger partial charge in [-0.25, -0.2) is 8.42 Å². The molecule has 0 aliphatic heterocycles. The molecule has 0 aromatic heterocycles. The van der Waals surface area contributed by atoms with Crippen LogP contribution in [0, 0.1) is 5.41 Å². The molecule has 0 unspecified atom stereocenters. The summed E-state index contributed by atoms with van der Waals surface area (Å²) in [7, 11) is -3.94. The molecule has 6 nitrogen and oxygen atoms in total. The summed E-state index contributed by atoms with van der Waals surface area (Å²) in [5, 5.41) is 0.290. The number of benzene rings is 1. The van der Waals surface area contributed by atoms with Crippen LogP contribution in [-0.2, 0) is 24.3 Å². The molecule has 0 heterocycles. The molecule has 0 fully saturated rings. The second-order valence-corrected chi connectivity index (χ2v) is 8.32. The lowest BCUT2D eigenvalue weighted by Gasteiger charge is -2.16. The first kappa shape index (κ1) is 19.9. The number of hydrogen-bond acceptors (Lipinski definition) is 5. The van der Waals surface area contributed by atoms with Gasteiger partial charge in [-0.3, -0.25) is 9.59 Å². The van der Waals surface area contributed by atoms with Gasteiger partial charge in [0.15, 0.2) is 12.4 Å². The minimum atomic E-state index is -3.94. The van der Waals surface area contributed by atoms with Crippen molar-refractivity contribution < 1.29 is 22.7 Å². The molecule has 0 spiro atoms. The summed E-state index contributed by atoms with van der Waals surface area (Å²) in [5.41, 5.74) is -0.639. The molecule has 1 N–H and O–H groups in total. The molecule has 0 bridgehead atoms. The van der Waals surface area contributed by atoms with Gasteiger partial charge in [0, 0.05) is 5.41 Å². The van der Waals surface area contributed by atoms with Crippen molar-refractivity contribution >= 4 is 45.0 Å². The zero-order chi connectivity index (χ0) is 17.8. The summed E-state index contributed by atoms with van der Waals surface area (Å²) in [6.45, 7) is 4.07. The Labute approximate surface area is 145 Å². The Balaban J connectivity index is 2.61. The maximum atomic E-state index is 12.0. The van der Waals surface area contributed by atoms with Crippen LogP contribution in [0.3, 0.4) is 0 Å². The van der Waals surface area contributed by atoms with E-state index in [2.05, 4.69) is 4.72 Å². The Morgan fingerprint density at radius 1 is 1.17 bits per heavy atom. The first-order valence-electron chi connectivity index (χ1n) is 6.57. The predicted molar refractivity (Wildman–Crippen MR) is 87.1 cm³/mol. The van der Waals surface area contributed by atoms with Gasteiger partial charge in [0.05, 0.1) is 14.9 Å². The number of hydrogen-bond donors (Lipinski definition) is 1.